The zero-order chi connectivity index (χ0) is 14.7. The van der Waals surface area contributed by atoms with Crippen LogP contribution in [-0.2, 0) is 9.59 Å². The summed E-state index contributed by atoms with van der Waals surface area (Å²) >= 11 is 0. The molecule has 2 fully saturated rings. The van der Waals surface area contributed by atoms with Gasteiger partial charge in [0, 0.05) is 12.6 Å². The van der Waals surface area contributed by atoms with Crippen LogP contribution in [0.4, 0.5) is 0 Å². The van der Waals surface area contributed by atoms with Gasteiger partial charge in [-0.25, -0.2) is 0 Å². The normalized spacial score (nSPS) is 29.6. The molecule has 1 saturated heterocycles. The molecule has 5 nitrogen and oxygen atoms in total. The third-order valence-corrected chi connectivity index (χ3v) is 4.94. The van der Waals surface area contributed by atoms with E-state index in [9.17, 15) is 14.7 Å². The number of aliphatic carboxylic acids is 1. The number of nitrogens with one attached hydrogen (secondary N) is 1. The first kappa shape index (κ1) is 15.3. The van der Waals surface area contributed by atoms with E-state index in [1.54, 1.807) is 0 Å². The maximum atomic E-state index is 12.1. The molecule has 5 heteroatoms. The van der Waals surface area contributed by atoms with E-state index >= 15 is 0 Å². The quantitative estimate of drug-likeness (QED) is 0.774. The first-order chi connectivity index (χ1) is 9.56. The molecule has 3 unspecified atom stereocenters. The van der Waals surface area contributed by atoms with Gasteiger partial charge >= 0.3 is 5.97 Å². The number of carbonyl (C=O) groups excluding carboxylic acids is 1. The molecule has 2 aliphatic rings. The minimum atomic E-state index is -0.769. The van der Waals surface area contributed by atoms with Crippen molar-refractivity contribution in [1.82, 2.24) is 10.2 Å². The Morgan fingerprint density at radius 2 is 2.00 bits per heavy atom. The molecule has 0 aromatic heterocycles. The molecule has 1 aliphatic carbocycles. The summed E-state index contributed by atoms with van der Waals surface area (Å²) in [6, 6.07) is -0.261. The van der Waals surface area contributed by atoms with Crippen molar-refractivity contribution in [2.45, 2.75) is 58.0 Å². The van der Waals surface area contributed by atoms with E-state index < -0.39 is 12.0 Å². The highest BCUT2D eigenvalue weighted by atomic mass is 16.4. The zero-order valence-electron chi connectivity index (χ0n) is 12.5. The van der Waals surface area contributed by atoms with Gasteiger partial charge in [0.2, 0.25) is 5.91 Å². The summed E-state index contributed by atoms with van der Waals surface area (Å²) in [5.41, 5.74) is 0. The molecule has 1 heterocycles. The zero-order valence-corrected chi connectivity index (χ0v) is 12.5. The average Bonchev–Trinajstić information content (AvgIpc) is 2.95. The lowest BCUT2D eigenvalue weighted by atomic mass is 9.94. The Hall–Kier alpha value is -1.10. The second-order valence-corrected chi connectivity index (χ2v) is 6.15. The van der Waals surface area contributed by atoms with E-state index in [1.807, 2.05) is 4.90 Å². The maximum Gasteiger partial charge on any atom is 0.321 e. The predicted octanol–water partition coefficient (Wildman–Crippen LogP) is 1.48. The third-order valence-electron chi connectivity index (χ3n) is 4.94. The van der Waals surface area contributed by atoms with Gasteiger partial charge in [0.15, 0.2) is 0 Å². The van der Waals surface area contributed by atoms with Gasteiger partial charge in [-0.15, -0.1) is 0 Å². The molecule has 2 rings (SSSR count). The van der Waals surface area contributed by atoms with Crippen molar-refractivity contribution in [1.29, 1.82) is 0 Å². The van der Waals surface area contributed by atoms with Crippen molar-refractivity contribution in [2.24, 2.45) is 11.8 Å². The van der Waals surface area contributed by atoms with Crippen LogP contribution in [-0.4, -0.2) is 47.1 Å². The SMILES string of the molecule is CCC(CC)NC(=O)CN1CC2CCCC2C1C(=O)O. The molecule has 20 heavy (non-hydrogen) atoms. The number of carbonyl (C=O) groups is 2. The van der Waals surface area contributed by atoms with Gasteiger partial charge in [-0.05, 0) is 37.5 Å². The highest BCUT2D eigenvalue weighted by molar-refractivity contribution is 5.80. The summed E-state index contributed by atoms with van der Waals surface area (Å²) < 4.78 is 0. The Balaban J connectivity index is 1.94. The second-order valence-electron chi connectivity index (χ2n) is 6.15. The van der Waals surface area contributed by atoms with Gasteiger partial charge < -0.3 is 10.4 Å². The van der Waals surface area contributed by atoms with E-state index in [1.165, 1.54) is 0 Å². The lowest BCUT2D eigenvalue weighted by Gasteiger charge is -2.24. The van der Waals surface area contributed by atoms with E-state index in [4.69, 9.17) is 0 Å². The Kier molecular flexibility index (Phi) is 5.02. The summed E-state index contributed by atoms with van der Waals surface area (Å²) in [7, 11) is 0. The summed E-state index contributed by atoms with van der Waals surface area (Å²) in [5, 5.41) is 12.4. The van der Waals surface area contributed by atoms with Crippen molar-refractivity contribution in [3.63, 3.8) is 0 Å². The Labute approximate surface area is 120 Å². The van der Waals surface area contributed by atoms with Gasteiger partial charge in [0.1, 0.15) is 6.04 Å². The number of hydrogen-bond donors (Lipinski definition) is 2. The van der Waals surface area contributed by atoms with Gasteiger partial charge in [0.05, 0.1) is 6.54 Å². The summed E-state index contributed by atoms with van der Waals surface area (Å²) in [6.45, 7) is 5.09. The number of carboxylic acid groups (broad SMARTS) is 1. The van der Waals surface area contributed by atoms with Crippen LogP contribution < -0.4 is 5.32 Å². The highest BCUT2D eigenvalue weighted by Crippen LogP contribution is 2.42. The summed E-state index contributed by atoms with van der Waals surface area (Å²) in [5.74, 6) is -0.0925. The number of carboxylic acids is 1. The molecule has 2 N–H and O–H groups in total. The van der Waals surface area contributed by atoms with Crippen molar-refractivity contribution in [3.8, 4) is 0 Å². The number of fused-ring (bicyclic) bond motifs is 1. The summed E-state index contributed by atoms with van der Waals surface area (Å²) in [6.07, 6.45) is 5.06. The van der Waals surface area contributed by atoms with Crippen LogP contribution in [0.1, 0.15) is 46.0 Å². The Morgan fingerprint density at radius 3 is 2.60 bits per heavy atom. The number of amides is 1. The van der Waals surface area contributed by atoms with Crippen LogP contribution in [0.5, 0.6) is 0 Å². The van der Waals surface area contributed by atoms with Crippen LogP contribution in [0.25, 0.3) is 0 Å². The Morgan fingerprint density at radius 1 is 1.30 bits per heavy atom. The monoisotopic (exact) mass is 282 g/mol. The van der Waals surface area contributed by atoms with Gasteiger partial charge in [-0.1, -0.05) is 20.3 Å². The number of rotatable bonds is 6. The first-order valence-electron chi connectivity index (χ1n) is 7.83. The molecule has 3 atom stereocenters. The van der Waals surface area contributed by atoms with E-state index in [0.717, 1.165) is 38.6 Å². The van der Waals surface area contributed by atoms with Crippen LogP contribution in [0.2, 0.25) is 0 Å². The predicted molar refractivity (Wildman–Crippen MR) is 76.3 cm³/mol. The number of nitrogens with zero attached hydrogens (tertiary/aromatic N) is 1. The topological polar surface area (TPSA) is 69.6 Å². The number of hydrogen-bond acceptors (Lipinski definition) is 3. The molecule has 0 bridgehead atoms. The molecule has 0 radical (unpaired) electrons. The smallest absolute Gasteiger partial charge is 0.321 e. The standard InChI is InChI=1S/C15H26N2O3/c1-3-11(4-2)16-13(18)9-17-8-10-6-5-7-12(10)14(17)15(19)20/h10-12,14H,3-9H2,1-2H3,(H,16,18)(H,19,20). The fourth-order valence-corrected chi connectivity index (χ4v) is 3.85. The fourth-order valence-electron chi connectivity index (χ4n) is 3.85. The minimum Gasteiger partial charge on any atom is -0.480 e. The second kappa shape index (κ2) is 6.57. The third kappa shape index (κ3) is 3.14. The van der Waals surface area contributed by atoms with Crippen LogP contribution in [0.15, 0.2) is 0 Å². The van der Waals surface area contributed by atoms with E-state index in [2.05, 4.69) is 19.2 Å². The van der Waals surface area contributed by atoms with Crippen LogP contribution in [0, 0.1) is 11.8 Å². The molecule has 1 amide bonds. The summed E-state index contributed by atoms with van der Waals surface area (Å²) in [4.78, 5) is 25.4. The lowest BCUT2D eigenvalue weighted by molar-refractivity contribution is -0.144. The molecule has 0 aromatic rings. The van der Waals surface area contributed by atoms with Crippen molar-refractivity contribution < 1.29 is 14.7 Å². The van der Waals surface area contributed by atoms with Crippen LogP contribution in [0.3, 0.4) is 0 Å². The van der Waals surface area contributed by atoms with Gasteiger partial charge in [-0.3, -0.25) is 14.5 Å². The molecular weight excluding hydrogens is 256 g/mol. The van der Waals surface area contributed by atoms with E-state index in [0.29, 0.717) is 5.92 Å². The van der Waals surface area contributed by atoms with Gasteiger partial charge in [0.25, 0.3) is 0 Å². The largest absolute Gasteiger partial charge is 0.480 e. The van der Waals surface area contributed by atoms with Crippen LogP contribution >= 0.6 is 0 Å². The average molecular weight is 282 g/mol. The molecular formula is C15H26N2O3. The first-order valence-corrected chi connectivity index (χ1v) is 7.83. The maximum absolute atomic E-state index is 12.1. The Bertz CT molecular complexity index is 368. The molecule has 0 aromatic carbocycles. The molecule has 1 saturated carbocycles. The van der Waals surface area contributed by atoms with Crippen molar-refractivity contribution in [2.75, 3.05) is 13.1 Å². The van der Waals surface area contributed by atoms with Crippen molar-refractivity contribution >= 4 is 11.9 Å². The molecule has 114 valence electrons. The van der Waals surface area contributed by atoms with E-state index in [-0.39, 0.29) is 24.4 Å². The highest BCUT2D eigenvalue weighted by Gasteiger charge is 2.47. The lowest BCUT2D eigenvalue weighted by Crippen LogP contribution is -2.46. The number of likely N-dealkylation sites (tertiary alicyclic amines) is 1. The van der Waals surface area contributed by atoms with Crippen molar-refractivity contribution in [3.05, 3.63) is 0 Å². The fraction of sp³-hybridized carbons (Fsp3) is 0.867. The molecule has 1 aliphatic heterocycles. The molecule has 0 spiro atoms. The van der Waals surface area contributed by atoms with Gasteiger partial charge in [-0.2, -0.15) is 0 Å². The minimum absolute atomic E-state index is 0.0371.